The van der Waals surface area contributed by atoms with E-state index >= 15 is 0 Å². The van der Waals surface area contributed by atoms with Gasteiger partial charge in [-0.2, -0.15) is 13.2 Å². The van der Waals surface area contributed by atoms with Crippen LogP contribution < -0.4 is 5.73 Å². The number of piperidine rings is 1. The lowest BCUT2D eigenvalue weighted by atomic mass is 9.83. The van der Waals surface area contributed by atoms with E-state index in [2.05, 4.69) is 0 Å². The number of alkyl halides is 3. The molecule has 0 aromatic rings. The Morgan fingerprint density at radius 2 is 1.65 bits per heavy atom. The molecular weight excluding hydrogens is 269 g/mol. The molecule has 2 bridgehead atoms. The largest absolute Gasteiger partial charge is 0.391 e. The first-order valence-corrected chi connectivity index (χ1v) is 7.49. The molecule has 6 heteroatoms. The zero-order valence-corrected chi connectivity index (χ0v) is 11.4. The molecule has 3 aliphatic rings. The highest BCUT2D eigenvalue weighted by Crippen LogP contribution is 2.48. The van der Waals surface area contributed by atoms with E-state index in [1.807, 2.05) is 0 Å². The van der Waals surface area contributed by atoms with Crippen LogP contribution in [0.2, 0.25) is 0 Å². The number of fused-ring (bicyclic) bond motifs is 2. The third kappa shape index (κ3) is 2.32. The van der Waals surface area contributed by atoms with Crippen LogP contribution in [-0.4, -0.2) is 36.1 Å². The van der Waals surface area contributed by atoms with Crippen molar-refractivity contribution in [2.75, 3.05) is 13.1 Å². The lowest BCUT2D eigenvalue weighted by Crippen LogP contribution is -2.50. The third-order valence-electron chi connectivity index (χ3n) is 5.54. The van der Waals surface area contributed by atoms with Gasteiger partial charge in [0.2, 0.25) is 5.91 Å². The molecule has 4 unspecified atom stereocenters. The Balaban J connectivity index is 1.60. The van der Waals surface area contributed by atoms with E-state index in [0.717, 1.165) is 19.3 Å². The summed E-state index contributed by atoms with van der Waals surface area (Å²) in [5.74, 6) is -0.578. The second-order valence-electron chi connectivity index (χ2n) is 6.58. The van der Waals surface area contributed by atoms with Crippen molar-refractivity contribution in [3.05, 3.63) is 0 Å². The molecule has 2 N–H and O–H groups in total. The Morgan fingerprint density at radius 1 is 1.05 bits per heavy atom. The van der Waals surface area contributed by atoms with Crippen LogP contribution in [0.15, 0.2) is 0 Å². The summed E-state index contributed by atoms with van der Waals surface area (Å²) in [6.45, 7) is 0.452. The Bertz CT molecular complexity index is 388. The number of nitrogens with zero attached hydrogens (tertiary/aromatic N) is 1. The molecule has 0 radical (unpaired) electrons. The van der Waals surface area contributed by atoms with Crippen LogP contribution in [0.1, 0.15) is 32.1 Å². The van der Waals surface area contributed by atoms with Crippen LogP contribution in [0, 0.1) is 23.7 Å². The lowest BCUT2D eigenvalue weighted by molar-refractivity contribution is -0.187. The molecule has 4 atom stereocenters. The molecule has 2 saturated carbocycles. The molecule has 1 aliphatic heterocycles. The molecule has 114 valence electrons. The highest BCUT2D eigenvalue weighted by molar-refractivity contribution is 5.80. The molecule has 2 aliphatic carbocycles. The minimum absolute atomic E-state index is 0.00493. The molecular formula is C14H21F3N2O. The van der Waals surface area contributed by atoms with Crippen molar-refractivity contribution in [1.82, 2.24) is 4.90 Å². The van der Waals surface area contributed by atoms with E-state index in [9.17, 15) is 18.0 Å². The smallest absolute Gasteiger partial charge is 0.342 e. The number of nitrogens with two attached hydrogens (primary N) is 1. The molecule has 1 amide bonds. The molecule has 0 aromatic heterocycles. The Kier molecular flexibility index (Phi) is 3.47. The highest BCUT2D eigenvalue weighted by atomic mass is 19.4. The van der Waals surface area contributed by atoms with Crippen molar-refractivity contribution >= 4 is 5.91 Å². The van der Waals surface area contributed by atoms with Gasteiger partial charge >= 0.3 is 6.18 Å². The van der Waals surface area contributed by atoms with Crippen LogP contribution in [0.3, 0.4) is 0 Å². The zero-order valence-electron chi connectivity index (χ0n) is 11.4. The van der Waals surface area contributed by atoms with Crippen LogP contribution in [0.4, 0.5) is 13.2 Å². The van der Waals surface area contributed by atoms with E-state index in [1.54, 1.807) is 4.90 Å². The van der Waals surface area contributed by atoms with E-state index in [0.29, 0.717) is 11.8 Å². The predicted octanol–water partition coefficient (Wildman–Crippen LogP) is 2.16. The fourth-order valence-electron chi connectivity index (χ4n) is 4.34. The topological polar surface area (TPSA) is 46.3 Å². The van der Waals surface area contributed by atoms with Gasteiger partial charge in [-0.05, 0) is 43.9 Å². The van der Waals surface area contributed by atoms with E-state index < -0.39 is 12.1 Å². The first-order chi connectivity index (χ1) is 9.38. The maximum Gasteiger partial charge on any atom is 0.391 e. The van der Waals surface area contributed by atoms with E-state index in [-0.39, 0.29) is 43.8 Å². The predicted molar refractivity (Wildman–Crippen MR) is 67.7 cm³/mol. The summed E-state index contributed by atoms with van der Waals surface area (Å²) in [4.78, 5) is 14.1. The van der Waals surface area contributed by atoms with Crippen LogP contribution in [-0.2, 0) is 4.79 Å². The summed E-state index contributed by atoms with van der Waals surface area (Å²) in [7, 11) is 0. The number of hydrogen-bond acceptors (Lipinski definition) is 2. The normalized spacial score (nSPS) is 38.5. The number of rotatable bonds is 1. The van der Waals surface area contributed by atoms with E-state index in [4.69, 9.17) is 5.73 Å². The SMILES string of the molecule is NC1C2CCC(C2)C1C(=O)N1CCC(C(F)(F)F)CC1. The quantitative estimate of drug-likeness (QED) is 0.804. The number of carbonyl (C=O) groups excluding carboxylic acids is 1. The maximum absolute atomic E-state index is 12.6. The van der Waals surface area contributed by atoms with Gasteiger partial charge in [-0.1, -0.05) is 0 Å². The van der Waals surface area contributed by atoms with Crippen LogP contribution in [0.25, 0.3) is 0 Å². The number of amides is 1. The number of likely N-dealkylation sites (tertiary alicyclic amines) is 1. The summed E-state index contributed by atoms with van der Waals surface area (Å²) in [5, 5.41) is 0. The minimum Gasteiger partial charge on any atom is -0.342 e. The van der Waals surface area contributed by atoms with Crippen molar-refractivity contribution in [3.8, 4) is 0 Å². The fourth-order valence-corrected chi connectivity index (χ4v) is 4.34. The molecule has 20 heavy (non-hydrogen) atoms. The van der Waals surface area contributed by atoms with Gasteiger partial charge in [0.1, 0.15) is 0 Å². The van der Waals surface area contributed by atoms with Gasteiger partial charge in [-0.25, -0.2) is 0 Å². The molecule has 3 rings (SSSR count). The van der Waals surface area contributed by atoms with Crippen molar-refractivity contribution in [1.29, 1.82) is 0 Å². The fraction of sp³-hybridized carbons (Fsp3) is 0.929. The van der Waals surface area contributed by atoms with Crippen molar-refractivity contribution in [2.45, 2.75) is 44.3 Å². The summed E-state index contributed by atoms with van der Waals surface area (Å²) in [6.07, 6.45) is -0.884. The highest BCUT2D eigenvalue weighted by Gasteiger charge is 2.51. The molecule has 1 saturated heterocycles. The van der Waals surface area contributed by atoms with Crippen molar-refractivity contribution in [2.24, 2.45) is 29.4 Å². The zero-order chi connectivity index (χ0) is 14.5. The van der Waals surface area contributed by atoms with Gasteiger partial charge < -0.3 is 10.6 Å². The van der Waals surface area contributed by atoms with Gasteiger partial charge in [0.25, 0.3) is 0 Å². The van der Waals surface area contributed by atoms with Crippen molar-refractivity contribution in [3.63, 3.8) is 0 Å². The Hall–Kier alpha value is -0.780. The monoisotopic (exact) mass is 290 g/mol. The minimum atomic E-state index is -4.13. The average Bonchev–Trinajstić information content (AvgIpc) is 2.98. The third-order valence-corrected chi connectivity index (χ3v) is 5.54. The lowest BCUT2D eigenvalue weighted by Gasteiger charge is -2.37. The standard InChI is InChI=1S/C14H21F3N2O/c15-14(16,17)10-3-5-19(6-4-10)13(20)11-8-1-2-9(7-8)12(11)18/h8-12H,1-7,18H2. The summed E-state index contributed by atoms with van der Waals surface area (Å²) < 4.78 is 37.9. The molecule has 0 aromatic carbocycles. The molecule has 3 nitrogen and oxygen atoms in total. The molecule has 0 spiro atoms. The number of carbonyl (C=O) groups is 1. The van der Waals surface area contributed by atoms with Crippen LogP contribution >= 0.6 is 0 Å². The summed E-state index contributed by atoms with van der Waals surface area (Å²) in [5.41, 5.74) is 6.14. The maximum atomic E-state index is 12.6. The van der Waals surface area contributed by atoms with Gasteiger partial charge in [0.15, 0.2) is 0 Å². The number of hydrogen-bond donors (Lipinski definition) is 1. The molecule has 1 heterocycles. The average molecular weight is 290 g/mol. The summed E-state index contributed by atoms with van der Waals surface area (Å²) >= 11 is 0. The second kappa shape index (κ2) is 4.90. The second-order valence-corrected chi connectivity index (χ2v) is 6.58. The van der Waals surface area contributed by atoms with Gasteiger partial charge in [0, 0.05) is 19.1 Å². The Labute approximate surface area is 116 Å². The first kappa shape index (κ1) is 14.2. The first-order valence-electron chi connectivity index (χ1n) is 7.49. The molecule has 3 fully saturated rings. The van der Waals surface area contributed by atoms with Gasteiger partial charge in [-0.3, -0.25) is 4.79 Å². The van der Waals surface area contributed by atoms with Crippen LogP contribution in [0.5, 0.6) is 0 Å². The van der Waals surface area contributed by atoms with Gasteiger partial charge in [-0.15, -0.1) is 0 Å². The number of halogens is 3. The Morgan fingerprint density at radius 3 is 2.15 bits per heavy atom. The summed E-state index contributed by atoms with van der Waals surface area (Å²) in [6, 6.07) is -0.0819. The van der Waals surface area contributed by atoms with Gasteiger partial charge in [0.05, 0.1) is 11.8 Å². The van der Waals surface area contributed by atoms with Crippen molar-refractivity contribution < 1.29 is 18.0 Å². The van der Waals surface area contributed by atoms with E-state index in [1.165, 1.54) is 0 Å².